The number of aromatic amines is 1. The molecule has 1 heterocycles. The molecule has 0 fully saturated rings. The lowest BCUT2D eigenvalue weighted by atomic mass is 10.1. The van der Waals surface area contributed by atoms with Crippen molar-refractivity contribution in [1.29, 1.82) is 0 Å². The van der Waals surface area contributed by atoms with Gasteiger partial charge in [0.15, 0.2) is 0 Å². The fraction of sp³-hybridized carbons (Fsp3) is 0.333. The van der Waals surface area contributed by atoms with Gasteiger partial charge in [-0.2, -0.15) is 0 Å². The predicted molar refractivity (Wildman–Crippen MR) is 106 cm³/mol. The minimum Gasteiger partial charge on any atom is -0.491 e. The molecule has 0 saturated heterocycles. The molecule has 0 aliphatic heterocycles. The minimum atomic E-state index is -0.650. The van der Waals surface area contributed by atoms with Gasteiger partial charge in [0.25, 0.3) is 5.56 Å². The molecular formula is C21H25N3O3. The van der Waals surface area contributed by atoms with Gasteiger partial charge in [0.2, 0.25) is 0 Å². The van der Waals surface area contributed by atoms with Gasteiger partial charge < -0.3 is 14.8 Å². The van der Waals surface area contributed by atoms with Crippen LogP contribution >= 0.6 is 0 Å². The van der Waals surface area contributed by atoms with Crippen LogP contribution in [0, 0.1) is 13.8 Å². The number of aliphatic hydroxyl groups excluding tert-OH is 1. The number of aryl methyl sites for hydroxylation is 2. The molecule has 6 nitrogen and oxygen atoms in total. The van der Waals surface area contributed by atoms with E-state index in [2.05, 4.69) is 16.0 Å². The number of rotatable bonds is 7. The quantitative estimate of drug-likeness (QED) is 0.670. The Bertz CT molecular complexity index is 964. The van der Waals surface area contributed by atoms with Crippen LogP contribution in [0.1, 0.15) is 17.0 Å². The highest BCUT2D eigenvalue weighted by molar-refractivity contribution is 5.77. The Balaban J connectivity index is 1.57. The lowest BCUT2D eigenvalue weighted by Gasteiger charge is -2.20. The third-order valence-electron chi connectivity index (χ3n) is 4.24. The SMILES string of the molecule is Cc1cc(C)cc(OC[C@@H](O)CN(C)Cc2nc3ccccc3c(=O)[nH]2)c1. The van der Waals surface area contributed by atoms with Crippen molar-refractivity contribution in [2.24, 2.45) is 0 Å². The lowest BCUT2D eigenvalue weighted by molar-refractivity contribution is 0.0736. The molecule has 3 aromatic rings. The zero-order valence-corrected chi connectivity index (χ0v) is 15.9. The highest BCUT2D eigenvalue weighted by atomic mass is 16.5. The Kier molecular flexibility index (Phi) is 5.88. The predicted octanol–water partition coefficient (Wildman–Crippen LogP) is 2.41. The topological polar surface area (TPSA) is 78.5 Å². The first-order valence-electron chi connectivity index (χ1n) is 8.96. The molecule has 0 radical (unpaired) electrons. The zero-order chi connectivity index (χ0) is 19.4. The van der Waals surface area contributed by atoms with Crippen molar-refractivity contribution in [2.75, 3.05) is 20.2 Å². The summed E-state index contributed by atoms with van der Waals surface area (Å²) < 4.78 is 5.71. The van der Waals surface area contributed by atoms with E-state index in [1.807, 2.05) is 56.1 Å². The van der Waals surface area contributed by atoms with Gasteiger partial charge in [-0.25, -0.2) is 4.98 Å². The van der Waals surface area contributed by atoms with E-state index in [9.17, 15) is 9.90 Å². The molecule has 142 valence electrons. The molecule has 1 atom stereocenters. The summed E-state index contributed by atoms with van der Waals surface area (Å²) in [5, 5.41) is 10.8. The largest absolute Gasteiger partial charge is 0.491 e. The number of nitrogens with one attached hydrogen (secondary N) is 1. The molecule has 2 N–H and O–H groups in total. The summed E-state index contributed by atoms with van der Waals surface area (Å²) in [6.45, 7) is 5.07. The molecular weight excluding hydrogens is 342 g/mol. The lowest BCUT2D eigenvalue weighted by Crippen LogP contribution is -2.33. The van der Waals surface area contributed by atoms with Crippen molar-refractivity contribution >= 4 is 10.9 Å². The van der Waals surface area contributed by atoms with Crippen LogP contribution in [-0.4, -0.2) is 46.3 Å². The van der Waals surface area contributed by atoms with Crippen molar-refractivity contribution in [1.82, 2.24) is 14.9 Å². The molecule has 3 rings (SSSR count). The number of fused-ring (bicyclic) bond motifs is 1. The number of aliphatic hydroxyl groups is 1. The Morgan fingerprint density at radius 1 is 1.19 bits per heavy atom. The van der Waals surface area contributed by atoms with Gasteiger partial charge in [0.05, 0.1) is 17.4 Å². The summed E-state index contributed by atoms with van der Waals surface area (Å²) >= 11 is 0. The Hall–Kier alpha value is -2.70. The van der Waals surface area contributed by atoms with E-state index >= 15 is 0 Å². The van der Waals surface area contributed by atoms with Crippen molar-refractivity contribution in [3.05, 3.63) is 69.8 Å². The Morgan fingerprint density at radius 3 is 2.63 bits per heavy atom. The molecule has 6 heteroatoms. The number of benzene rings is 2. The molecule has 27 heavy (non-hydrogen) atoms. The van der Waals surface area contributed by atoms with Crippen molar-refractivity contribution in [3.63, 3.8) is 0 Å². The van der Waals surface area contributed by atoms with E-state index in [4.69, 9.17) is 4.74 Å². The van der Waals surface area contributed by atoms with E-state index in [0.717, 1.165) is 16.9 Å². The van der Waals surface area contributed by atoms with Crippen molar-refractivity contribution < 1.29 is 9.84 Å². The Labute approximate surface area is 158 Å². The fourth-order valence-electron chi connectivity index (χ4n) is 3.15. The number of nitrogens with zero attached hydrogens (tertiary/aromatic N) is 2. The van der Waals surface area contributed by atoms with Crippen LogP contribution in [0.15, 0.2) is 47.3 Å². The second-order valence-electron chi connectivity index (χ2n) is 7.01. The first-order chi connectivity index (χ1) is 12.9. The minimum absolute atomic E-state index is 0.150. The number of hydrogen-bond acceptors (Lipinski definition) is 5. The maximum atomic E-state index is 12.1. The number of likely N-dealkylation sites (N-methyl/N-ethyl adjacent to an activating group) is 1. The average molecular weight is 367 g/mol. The summed E-state index contributed by atoms with van der Waals surface area (Å²) in [5.74, 6) is 1.33. The van der Waals surface area contributed by atoms with E-state index in [-0.39, 0.29) is 12.2 Å². The van der Waals surface area contributed by atoms with Gasteiger partial charge >= 0.3 is 0 Å². The normalized spacial score (nSPS) is 12.5. The zero-order valence-electron chi connectivity index (χ0n) is 15.9. The van der Waals surface area contributed by atoms with E-state index in [1.165, 1.54) is 0 Å². The summed E-state index contributed by atoms with van der Waals surface area (Å²) in [4.78, 5) is 21.3. The monoisotopic (exact) mass is 367 g/mol. The van der Waals surface area contributed by atoms with Gasteiger partial charge in [-0.3, -0.25) is 9.69 Å². The second-order valence-corrected chi connectivity index (χ2v) is 7.01. The van der Waals surface area contributed by atoms with Gasteiger partial charge in [-0.15, -0.1) is 0 Å². The van der Waals surface area contributed by atoms with Crippen LogP contribution in [0.3, 0.4) is 0 Å². The standard InChI is InChI=1S/C21H25N3O3/c1-14-8-15(2)10-17(9-14)27-13-16(25)11-24(3)12-20-22-19-7-5-4-6-18(19)21(26)23-20/h4-10,16,25H,11-13H2,1-3H3,(H,22,23,26)/t16-/m0/s1. The average Bonchev–Trinajstić information content (AvgIpc) is 2.59. The molecule has 0 spiro atoms. The molecule has 0 amide bonds. The van der Waals surface area contributed by atoms with E-state index in [0.29, 0.717) is 29.8 Å². The summed E-state index contributed by atoms with van der Waals surface area (Å²) in [6.07, 6.45) is -0.650. The third kappa shape index (κ3) is 5.15. The molecule has 0 aliphatic rings. The molecule has 0 unspecified atom stereocenters. The first kappa shape index (κ1) is 19.1. The summed E-state index contributed by atoms with van der Waals surface area (Å²) in [5.41, 5.74) is 2.77. The first-order valence-corrected chi connectivity index (χ1v) is 8.96. The highest BCUT2D eigenvalue weighted by Gasteiger charge is 2.12. The maximum absolute atomic E-state index is 12.1. The van der Waals surface area contributed by atoms with Gasteiger partial charge in [0, 0.05) is 6.54 Å². The second kappa shape index (κ2) is 8.33. The number of ether oxygens (including phenoxy) is 1. The van der Waals surface area contributed by atoms with Crippen LogP contribution < -0.4 is 10.3 Å². The van der Waals surface area contributed by atoms with Crippen LogP contribution in [0.2, 0.25) is 0 Å². The molecule has 2 aromatic carbocycles. The van der Waals surface area contributed by atoms with Crippen LogP contribution in [-0.2, 0) is 6.54 Å². The molecule has 1 aromatic heterocycles. The van der Waals surface area contributed by atoms with E-state index < -0.39 is 6.10 Å². The number of H-pyrrole nitrogens is 1. The van der Waals surface area contributed by atoms with Crippen LogP contribution in [0.5, 0.6) is 5.75 Å². The highest BCUT2D eigenvalue weighted by Crippen LogP contribution is 2.16. The molecule has 0 bridgehead atoms. The van der Waals surface area contributed by atoms with E-state index in [1.54, 1.807) is 6.07 Å². The molecule has 0 saturated carbocycles. The van der Waals surface area contributed by atoms with Gasteiger partial charge in [-0.1, -0.05) is 18.2 Å². The third-order valence-corrected chi connectivity index (χ3v) is 4.24. The van der Waals surface area contributed by atoms with Crippen LogP contribution in [0.4, 0.5) is 0 Å². The van der Waals surface area contributed by atoms with Crippen LogP contribution in [0.25, 0.3) is 10.9 Å². The maximum Gasteiger partial charge on any atom is 0.258 e. The van der Waals surface area contributed by atoms with Gasteiger partial charge in [0.1, 0.15) is 24.3 Å². The smallest absolute Gasteiger partial charge is 0.258 e. The number of para-hydroxylation sites is 1. The summed E-state index contributed by atoms with van der Waals surface area (Å²) in [6, 6.07) is 13.2. The summed E-state index contributed by atoms with van der Waals surface area (Å²) in [7, 11) is 1.87. The molecule has 0 aliphatic carbocycles. The fourth-order valence-corrected chi connectivity index (χ4v) is 3.15. The van der Waals surface area contributed by atoms with Gasteiger partial charge in [-0.05, 0) is 56.3 Å². The number of hydrogen-bond donors (Lipinski definition) is 2. The Morgan fingerprint density at radius 2 is 1.89 bits per heavy atom. The van der Waals surface area contributed by atoms with Crippen molar-refractivity contribution in [2.45, 2.75) is 26.5 Å². The number of aromatic nitrogens is 2. The van der Waals surface area contributed by atoms with Crippen molar-refractivity contribution in [3.8, 4) is 5.75 Å².